The van der Waals surface area contributed by atoms with Crippen molar-refractivity contribution in [2.45, 2.75) is 26.1 Å². The van der Waals surface area contributed by atoms with Gasteiger partial charge in [0.15, 0.2) is 5.69 Å². The highest BCUT2D eigenvalue weighted by molar-refractivity contribution is 6.21. The van der Waals surface area contributed by atoms with Crippen LogP contribution in [0.4, 0.5) is 0 Å². The summed E-state index contributed by atoms with van der Waals surface area (Å²) < 4.78 is 5.58. The van der Waals surface area contributed by atoms with Gasteiger partial charge < -0.3 is 9.57 Å². The number of rotatable bonds is 2. The van der Waals surface area contributed by atoms with E-state index >= 15 is 0 Å². The van der Waals surface area contributed by atoms with Crippen LogP contribution in [0.5, 0.6) is 0 Å². The Labute approximate surface area is 136 Å². The van der Waals surface area contributed by atoms with E-state index in [1.807, 2.05) is 13.8 Å². The predicted molar refractivity (Wildman–Crippen MR) is 78.8 cm³/mol. The fourth-order valence-corrected chi connectivity index (χ4v) is 2.87. The molecule has 4 rings (SSSR count). The third-order valence-corrected chi connectivity index (χ3v) is 4.17. The third-order valence-electron chi connectivity index (χ3n) is 4.17. The van der Waals surface area contributed by atoms with Crippen molar-refractivity contribution in [2.24, 2.45) is 0 Å². The van der Waals surface area contributed by atoms with E-state index < -0.39 is 23.4 Å². The Balaban J connectivity index is 1.61. The summed E-state index contributed by atoms with van der Waals surface area (Å²) in [6.07, 6.45) is 0. The number of amides is 2. The van der Waals surface area contributed by atoms with Crippen LogP contribution in [-0.4, -0.2) is 33.0 Å². The van der Waals surface area contributed by atoms with E-state index in [1.54, 1.807) is 12.1 Å². The quantitative estimate of drug-likeness (QED) is 0.840. The van der Waals surface area contributed by atoms with Gasteiger partial charge in [-0.05, 0) is 26.0 Å². The molecule has 0 saturated heterocycles. The molecule has 8 nitrogen and oxygen atoms in total. The summed E-state index contributed by atoms with van der Waals surface area (Å²) in [5.74, 6) is -2.23. The standard InChI is InChI=1S/C16H13N3O5/c1-16(2)12-10(7-23-16)11(17-18-12)15(22)24-19-13(20)8-5-3-4-6-9(8)14(19)21/h3-6H,7H2,1-2H3,(H,17,18). The first kappa shape index (κ1) is 14.6. The van der Waals surface area contributed by atoms with Crippen LogP contribution >= 0.6 is 0 Å². The third kappa shape index (κ3) is 1.89. The second-order valence-electron chi connectivity index (χ2n) is 6.05. The van der Waals surface area contributed by atoms with Crippen molar-refractivity contribution in [3.63, 3.8) is 0 Å². The molecule has 122 valence electrons. The normalized spacial score (nSPS) is 17.8. The lowest BCUT2D eigenvalue weighted by atomic mass is 10.0. The van der Waals surface area contributed by atoms with Crippen molar-refractivity contribution in [1.29, 1.82) is 0 Å². The van der Waals surface area contributed by atoms with E-state index in [9.17, 15) is 14.4 Å². The lowest BCUT2D eigenvalue weighted by Gasteiger charge is -2.15. The zero-order valence-electron chi connectivity index (χ0n) is 13.0. The topological polar surface area (TPSA) is 102 Å². The van der Waals surface area contributed by atoms with E-state index in [1.165, 1.54) is 12.1 Å². The number of ether oxygens (including phenoxy) is 1. The predicted octanol–water partition coefficient (Wildman–Crippen LogP) is 1.54. The Hall–Kier alpha value is -3.00. The number of aromatic nitrogens is 2. The zero-order valence-corrected chi connectivity index (χ0v) is 13.0. The van der Waals surface area contributed by atoms with Crippen molar-refractivity contribution in [3.05, 3.63) is 52.3 Å². The molecule has 8 heteroatoms. The Kier molecular flexibility index (Phi) is 2.88. The van der Waals surface area contributed by atoms with E-state index in [-0.39, 0.29) is 23.4 Å². The Bertz CT molecular complexity index is 864. The highest BCUT2D eigenvalue weighted by atomic mass is 16.7. The van der Waals surface area contributed by atoms with Crippen LogP contribution in [0, 0.1) is 0 Å². The minimum Gasteiger partial charge on any atom is -0.364 e. The van der Waals surface area contributed by atoms with Crippen LogP contribution < -0.4 is 0 Å². The Morgan fingerprint density at radius 1 is 1.25 bits per heavy atom. The molecule has 0 fully saturated rings. The summed E-state index contributed by atoms with van der Waals surface area (Å²) in [4.78, 5) is 41.8. The summed E-state index contributed by atoms with van der Waals surface area (Å²) in [5, 5.41) is 7.17. The van der Waals surface area contributed by atoms with Crippen LogP contribution in [0.3, 0.4) is 0 Å². The van der Waals surface area contributed by atoms with Crippen LogP contribution in [0.15, 0.2) is 24.3 Å². The molecule has 2 aliphatic rings. The number of imide groups is 1. The number of hydrogen-bond acceptors (Lipinski definition) is 6. The Morgan fingerprint density at radius 2 is 1.88 bits per heavy atom. The maximum Gasteiger partial charge on any atom is 0.384 e. The minimum absolute atomic E-state index is 0.00660. The minimum atomic E-state index is -0.886. The van der Waals surface area contributed by atoms with E-state index in [0.29, 0.717) is 16.3 Å². The zero-order chi connectivity index (χ0) is 17.1. The first-order valence-electron chi connectivity index (χ1n) is 7.32. The van der Waals surface area contributed by atoms with Crippen LogP contribution in [0.2, 0.25) is 0 Å². The highest BCUT2D eigenvalue weighted by Gasteiger charge is 2.41. The smallest absolute Gasteiger partial charge is 0.364 e. The maximum atomic E-state index is 12.4. The van der Waals surface area contributed by atoms with Gasteiger partial charge in [-0.3, -0.25) is 14.7 Å². The molecule has 1 N–H and O–H groups in total. The molecule has 0 spiro atoms. The average Bonchev–Trinajstić information content (AvgIpc) is 3.18. The van der Waals surface area contributed by atoms with Gasteiger partial charge in [-0.2, -0.15) is 5.10 Å². The SMILES string of the molecule is CC1(C)OCc2c(C(=O)ON3C(=O)c4ccccc4C3=O)n[nH]c21. The second kappa shape index (κ2) is 4.75. The molecule has 1 aromatic carbocycles. The van der Waals surface area contributed by atoms with Crippen LogP contribution in [-0.2, 0) is 21.8 Å². The van der Waals surface area contributed by atoms with Crippen LogP contribution in [0.1, 0.15) is 56.3 Å². The van der Waals surface area contributed by atoms with Gasteiger partial charge in [0.2, 0.25) is 0 Å². The summed E-state index contributed by atoms with van der Waals surface area (Å²) in [6.45, 7) is 3.89. The molecule has 0 radical (unpaired) electrons. The second-order valence-corrected chi connectivity index (χ2v) is 6.05. The molecule has 24 heavy (non-hydrogen) atoms. The molecule has 0 unspecified atom stereocenters. The molecule has 0 bridgehead atoms. The number of carbonyl (C=O) groups excluding carboxylic acids is 3. The van der Waals surface area contributed by atoms with Gasteiger partial charge >= 0.3 is 5.97 Å². The average molecular weight is 327 g/mol. The van der Waals surface area contributed by atoms with Crippen molar-refractivity contribution in [3.8, 4) is 0 Å². The van der Waals surface area contributed by atoms with Crippen LogP contribution in [0.25, 0.3) is 0 Å². The number of H-pyrrole nitrogens is 1. The fourth-order valence-electron chi connectivity index (χ4n) is 2.87. The molecule has 1 aromatic heterocycles. The monoisotopic (exact) mass is 327 g/mol. The number of fused-ring (bicyclic) bond motifs is 2. The van der Waals surface area contributed by atoms with E-state index in [0.717, 1.165) is 0 Å². The number of aromatic amines is 1. The van der Waals surface area contributed by atoms with Gasteiger partial charge in [-0.1, -0.05) is 17.2 Å². The molecule has 0 saturated carbocycles. The maximum absolute atomic E-state index is 12.4. The number of benzene rings is 1. The molecular formula is C16H13N3O5. The Morgan fingerprint density at radius 3 is 2.50 bits per heavy atom. The van der Waals surface area contributed by atoms with Gasteiger partial charge in [0, 0.05) is 5.56 Å². The number of nitrogens with one attached hydrogen (secondary N) is 1. The summed E-state index contributed by atoms with van der Waals surface area (Å²) in [6, 6.07) is 6.28. The number of hydrogen-bond donors (Lipinski definition) is 1. The summed E-state index contributed by atoms with van der Waals surface area (Å²) in [7, 11) is 0. The molecular weight excluding hydrogens is 314 g/mol. The van der Waals surface area contributed by atoms with E-state index in [2.05, 4.69) is 10.2 Å². The van der Waals surface area contributed by atoms with Gasteiger partial charge in [0.1, 0.15) is 5.60 Å². The highest BCUT2D eigenvalue weighted by Crippen LogP contribution is 2.36. The number of nitrogens with zero attached hydrogens (tertiary/aromatic N) is 2. The molecule has 2 amide bonds. The molecule has 3 heterocycles. The van der Waals surface area contributed by atoms with Crippen molar-refractivity contribution < 1.29 is 24.0 Å². The lowest BCUT2D eigenvalue weighted by molar-refractivity contribution is -0.0592. The lowest BCUT2D eigenvalue weighted by Crippen LogP contribution is -2.33. The number of carbonyl (C=O) groups is 3. The summed E-state index contributed by atoms with van der Waals surface area (Å²) >= 11 is 0. The van der Waals surface area contributed by atoms with Gasteiger partial charge in [-0.15, -0.1) is 0 Å². The van der Waals surface area contributed by atoms with Crippen molar-refractivity contribution in [1.82, 2.24) is 15.3 Å². The number of hydroxylamine groups is 2. The van der Waals surface area contributed by atoms with Gasteiger partial charge in [0.05, 0.1) is 23.4 Å². The fraction of sp³-hybridized carbons (Fsp3) is 0.250. The molecule has 0 aliphatic carbocycles. The van der Waals surface area contributed by atoms with Gasteiger partial charge in [0.25, 0.3) is 11.8 Å². The largest absolute Gasteiger partial charge is 0.384 e. The summed E-state index contributed by atoms with van der Waals surface area (Å²) in [5.41, 5.74) is 1.07. The first-order valence-corrected chi connectivity index (χ1v) is 7.32. The van der Waals surface area contributed by atoms with Crippen molar-refractivity contribution >= 4 is 17.8 Å². The molecule has 2 aromatic rings. The molecule has 0 atom stereocenters. The van der Waals surface area contributed by atoms with Gasteiger partial charge in [-0.25, -0.2) is 4.79 Å². The van der Waals surface area contributed by atoms with E-state index in [4.69, 9.17) is 9.57 Å². The van der Waals surface area contributed by atoms with Crippen molar-refractivity contribution in [2.75, 3.05) is 0 Å². The molecule has 2 aliphatic heterocycles. The first-order chi connectivity index (χ1) is 11.4.